The lowest BCUT2D eigenvalue weighted by Gasteiger charge is -2.42. The maximum atomic E-state index is 14.3. The first kappa shape index (κ1) is 36.4. The van der Waals surface area contributed by atoms with Crippen LogP contribution in [0.3, 0.4) is 0 Å². The zero-order valence-corrected chi connectivity index (χ0v) is 28.5. The molecular formula is C32H32F2N5O12P. The smallest absolute Gasteiger partial charge is 0.451 e. The van der Waals surface area contributed by atoms with Crippen LogP contribution in [0.5, 0.6) is 11.5 Å². The molecule has 2 amide bonds. The van der Waals surface area contributed by atoms with E-state index in [4.69, 9.17) is 28.8 Å². The second-order valence-electron chi connectivity index (χ2n) is 12.4. The summed E-state index contributed by atoms with van der Waals surface area (Å²) in [6.45, 7) is 1.82. The predicted molar refractivity (Wildman–Crippen MR) is 172 cm³/mol. The van der Waals surface area contributed by atoms with Crippen molar-refractivity contribution in [2.24, 2.45) is 5.16 Å². The number of hydrogen-bond donors (Lipinski definition) is 3. The number of phosphoric acid groups is 1. The van der Waals surface area contributed by atoms with Crippen molar-refractivity contribution < 1.29 is 61.1 Å². The van der Waals surface area contributed by atoms with Crippen LogP contribution in [0.15, 0.2) is 52.8 Å². The van der Waals surface area contributed by atoms with Gasteiger partial charge in [0, 0.05) is 55.1 Å². The van der Waals surface area contributed by atoms with Crippen LogP contribution in [0.4, 0.5) is 13.6 Å². The fraction of sp³-hybridized carbons (Fsp3) is 0.375. The van der Waals surface area contributed by atoms with E-state index in [9.17, 15) is 32.5 Å². The summed E-state index contributed by atoms with van der Waals surface area (Å²) in [5.74, 6) is -4.28. The van der Waals surface area contributed by atoms with Gasteiger partial charge in [-0.3, -0.25) is 29.2 Å². The summed E-state index contributed by atoms with van der Waals surface area (Å²) in [4.78, 5) is 83.5. The van der Waals surface area contributed by atoms with Gasteiger partial charge in [-0.25, -0.2) is 18.1 Å². The highest BCUT2D eigenvalue weighted by Crippen LogP contribution is 2.46. The topological polar surface area (TPSA) is 217 Å². The maximum Gasteiger partial charge on any atom is 0.524 e. The number of benzene rings is 1. The van der Waals surface area contributed by atoms with Gasteiger partial charge >= 0.3 is 14.0 Å². The molecule has 276 valence electrons. The van der Waals surface area contributed by atoms with E-state index in [1.165, 1.54) is 23.0 Å². The van der Waals surface area contributed by atoms with Gasteiger partial charge in [-0.15, -0.1) is 0 Å². The molecule has 2 aromatic heterocycles. The quantitative estimate of drug-likeness (QED) is 0.154. The lowest BCUT2D eigenvalue weighted by atomic mass is 9.84. The van der Waals surface area contributed by atoms with Crippen molar-refractivity contribution in [2.75, 3.05) is 13.3 Å². The molecule has 1 fully saturated rings. The van der Waals surface area contributed by atoms with Crippen LogP contribution in [-0.2, 0) is 32.0 Å². The van der Waals surface area contributed by atoms with E-state index >= 15 is 0 Å². The third kappa shape index (κ3) is 7.46. The Labute approximate surface area is 293 Å². The summed E-state index contributed by atoms with van der Waals surface area (Å²) in [7, 11) is -4.96. The number of carbonyl (C=O) groups excluding carboxylic acids is 3. The summed E-state index contributed by atoms with van der Waals surface area (Å²) in [5, 5.41) is 6.61. The number of ether oxygens (including phenoxy) is 3. The van der Waals surface area contributed by atoms with Crippen molar-refractivity contribution in [3.05, 3.63) is 87.1 Å². The number of fused-ring (bicyclic) bond motifs is 5. The summed E-state index contributed by atoms with van der Waals surface area (Å²) in [6, 6.07) is 3.12. The van der Waals surface area contributed by atoms with Gasteiger partial charge in [0.15, 0.2) is 17.0 Å². The van der Waals surface area contributed by atoms with Crippen LogP contribution in [0.2, 0.25) is 0 Å². The van der Waals surface area contributed by atoms with Crippen LogP contribution in [0.25, 0.3) is 0 Å². The Kier molecular flexibility index (Phi) is 10.0. The van der Waals surface area contributed by atoms with Crippen molar-refractivity contribution in [1.82, 2.24) is 19.8 Å². The molecule has 1 saturated heterocycles. The molecule has 3 aromatic rings. The Morgan fingerprint density at radius 3 is 2.67 bits per heavy atom. The van der Waals surface area contributed by atoms with Crippen LogP contribution >= 0.6 is 7.82 Å². The van der Waals surface area contributed by atoms with Crippen molar-refractivity contribution >= 4 is 31.5 Å². The number of rotatable bonds is 10. The largest absolute Gasteiger partial charge is 0.524 e. The molecule has 3 aliphatic heterocycles. The van der Waals surface area contributed by atoms with E-state index in [1.807, 2.05) is 6.92 Å². The summed E-state index contributed by atoms with van der Waals surface area (Å²) >= 11 is 0. The molecule has 1 spiro atoms. The summed E-state index contributed by atoms with van der Waals surface area (Å²) < 4.78 is 60.6. The Bertz CT molecular complexity index is 2070. The van der Waals surface area contributed by atoms with Crippen molar-refractivity contribution in [1.29, 1.82) is 0 Å². The van der Waals surface area contributed by atoms with E-state index in [2.05, 4.69) is 20.0 Å². The molecule has 6 rings (SSSR count). The fourth-order valence-corrected chi connectivity index (χ4v) is 6.82. The highest BCUT2D eigenvalue weighted by molar-refractivity contribution is 7.46. The molecule has 1 aromatic carbocycles. The second kappa shape index (κ2) is 14.3. The Balaban J connectivity index is 1.29. The molecule has 52 heavy (non-hydrogen) atoms. The normalized spacial score (nSPS) is 20.7. The number of nitrogens with zero attached hydrogens (tertiary/aromatic N) is 4. The number of hydrogen-bond acceptors (Lipinski definition) is 12. The van der Waals surface area contributed by atoms with Crippen molar-refractivity contribution in [2.45, 2.75) is 63.9 Å². The van der Waals surface area contributed by atoms with E-state index in [-0.39, 0.29) is 35.2 Å². The number of halogens is 2. The minimum absolute atomic E-state index is 0.0291. The average Bonchev–Trinajstić information content (AvgIpc) is 3.41. The molecule has 0 saturated carbocycles. The Hall–Kier alpha value is -5.39. The third-order valence-corrected chi connectivity index (χ3v) is 9.37. The van der Waals surface area contributed by atoms with E-state index in [0.717, 1.165) is 18.3 Å². The standard InChI is InChI=1S/C32H32F2N5O12P/c1-17-10-32(51-37-17)7-5-18(2)38-14-25(32)39-13-22(29(41)36-11-19-3-4-21(33)9-23(19)34)27(40)28(26(39)30(38)42)48-16-49-31(43)47-15-20-6-8-35-12-24(20)50-52(44,45)46/h3-4,6,8-9,12-13,18,25H,5,7,10-11,14-16H2,1-2H3,(H,36,41)(H2,44,45,46)/t18-,25+,32-/m0/s1. The monoisotopic (exact) mass is 747 g/mol. The molecule has 3 N–H and O–H groups in total. The van der Waals surface area contributed by atoms with Crippen molar-refractivity contribution in [3.63, 3.8) is 0 Å². The van der Waals surface area contributed by atoms with Gasteiger partial charge in [0.1, 0.15) is 23.8 Å². The molecule has 0 unspecified atom stereocenters. The molecule has 0 radical (unpaired) electrons. The second-order valence-corrected chi connectivity index (χ2v) is 13.6. The molecule has 5 heterocycles. The zero-order chi connectivity index (χ0) is 37.4. The van der Waals surface area contributed by atoms with Gasteiger partial charge in [-0.1, -0.05) is 11.2 Å². The Morgan fingerprint density at radius 2 is 1.96 bits per heavy atom. The van der Waals surface area contributed by atoms with Gasteiger partial charge in [0.05, 0.1) is 18.0 Å². The number of pyridine rings is 2. The third-order valence-electron chi connectivity index (χ3n) is 8.94. The predicted octanol–water partition coefficient (Wildman–Crippen LogP) is 3.33. The van der Waals surface area contributed by atoms with Gasteiger partial charge in [0.2, 0.25) is 18.0 Å². The van der Waals surface area contributed by atoms with E-state index in [0.29, 0.717) is 31.0 Å². The average molecular weight is 748 g/mol. The van der Waals surface area contributed by atoms with E-state index in [1.54, 1.807) is 11.8 Å². The minimum Gasteiger partial charge on any atom is -0.451 e. The molecule has 20 heteroatoms. The van der Waals surface area contributed by atoms with E-state index < -0.39 is 85.8 Å². The lowest BCUT2D eigenvalue weighted by molar-refractivity contribution is -0.0658. The van der Waals surface area contributed by atoms with Crippen LogP contribution < -0.4 is 20.0 Å². The summed E-state index contributed by atoms with van der Waals surface area (Å²) in [6.07, 6.45) is 3.53. The number of phosphoric ester groups is 1. The van der Waals surface area contributed by atoms with Crippen LogP contribution in [0, 0.1) is 11.6 Å². The van der Waals surface area contributed by atoms with Gasteiger partial charge < -0.3 is 38.4 Å². The summed E-state index contributed by atoms with van der Waals surface area (Å²) in [5.41, 5.74) is -2.06. The highest BCUT2D eigenvalue weighted by Gasteiger charge is 2.54. The Morgan fingerprint density at radius 1 is 1.17 bits per heavy atom. The van der Waals surface area contributed by atoms with Crippen LogP contribution in [-0.4, -0.2) is 72.9 Å². The fourth-order valence-electron chi connectivity index (χ4n) is 6.40. The first-order valence-corrected chi connectivity index (χ1v) is 17.3. The molecule has 3 atom stereocenters. The van der Waals surface area contributed by atoms with Crippen molar-refractivity contribution in [3.8, 4) is 11.5 Å². The first-order valence-electron chi connectivity index (χ1n) is 15.8. The zero-order valence-electron chi connectivity index (χ0n) is 27.6. The van der Waals surface area contributed by atoms with Gasteiger partial charge in [0.25, 0.3) is 11.8 Å². The number of carbonyl (C=O) groups is 3. The number of amides is 2. The lowest BCUT2D eigenvalue weighted by Crippen LogP contribution is -2.52. The number of nitrogens with one attached hydrogen (secondary N) is 1. The molecule has 17 nitrogen and oxygen atoms in total. The number of aromatic nitrogens is 2. The highest BCUT2D eigenvalue weighted by atomic mass is 31.2. The molecule has 0 aliphatic carbocycles. The van der Waals surface area contributed by atoms with Crippen LogP contribution in [0.1, 0.15) is 71.1 Å². The molecular weight excluding hydrogens is 715 g/mol. The van der Waals surface area contributed by atoms with Gasteiger partial charge in [-0.2, -0.15) is 0 Å². The molecule has 3 aliphatic rings. The molecule has 2 bridgehead atoms. The minimum atomic E-state index is -4.96. The first-order chi connectivity index (χ1) is 24.7. The van der Waals surface area contributed by atoms with Gasteiger partial charge in [-0.05, 0) is 38.8 Å². The SMILES string of the molecule is CC1=NO[C@@]2(CC[C@H](C)N3C[C@H]2n2cc(C(=O)NCc4ccc(F)cc4F)c(=O)c(OCOC(=O)OCc4ccncc4OP(=O)(O)O)c2C3=O)C1. The maximum absolute atomic E-state index is 14.3. The number of oxime groups is 1.